The molecule has 0 N–H and O–H groups in total. The highest BCUT2D eigenvalue weighted by Gasteiger charge is 2.22. The minimum Gasteiger partial charge on any atom is -0.460 e. The van der Waals surface area contributed by atoms with Crippen LogP contribution in [0.1, 0.15) is 23.0 Å². The van der Waals surface area contributed by atoms with Crippen molar-refractivity contribution >= 4 is 55.7 Å². The number of nitrogens with zero attached hydrogens (tertiary/aromatic N) is 4. The van der Waals surface area contributed by atoms with Gasteiger partial charge in [0.2, 0.25) is 5.76 Å². The van der Waals surface area contributed by atoms with Crippen molar-refractivity contribution in [2.24, 2.45) is 7.05 Å². The van der Waals surface area contributed by atoms with Crippen molar-refractivity contribution < 1.29 is 13.9 Å². The Morgan fingerprint density at radius 3 is 3.00 bits per heavy atom. The Morgan fingerprint density at radius 2 is 2.19 bits per heavy atom. The predicted molar refractivity (Wildman–Crippen MR) is 106 cm³/mol. The van der Waals surface area contributed by atoms with Crippen LogP contribution in [0.3, 0.4) is 0 Å². The maximum atomic E-state index is 12.4. The molecule has 0 aliphatic heterocycles. The standard InChI is InChI=1S/C18H15BrN4O3S/c1-3-25-18(24)15-13(11-6-10(19)4-5-14(11)26-15)8-27-17-12-7-22-23(2)16(12)20-9-21-17/h4-7,9H,3,8H2,1-2H3. The molecule has 138 valence electrons. The number of ether oxygens (including phenoxy) is 1. The summed E-state index contributed by atoms with van der Waals surface area (Å²) in [7, 11) is 1.84. The van der Waals surface area contributed by atoms with E-state index in [0.29, 0.717) is 11.3 Å². The van der Waals surface area contributed by atoms with Gasteiger partial charge in [0.15, 0.2) is 5.65 Å². The van der Waals surface area contributed by atoms with Gasteiger partial charge in [0.25, 0.3) is 0 Å². The fourth-order valence-corrected chi connectivity index (χ4v) is 4.17. The van der Waals surface area contributed by atoms with E-state index >= 15 is 0 Å². The van der Waals surface area contributed by atoms with Crippen LogP contribution in [0.15, 0.2) is 44.6 Å². The first-order valence-electron chi connectivity index (χ1n) is 8.22. The smallest absolute Gasteiger partial charge is 0.374 e. The van der Waals surface area contributed by atoms with Crippen molar-refractivity contribution in [3.63, 3.8) is 0 Å². The van der Waals surface area contributed by atoms with Gasteiger partial charge in [-0.2, -0.15) is 5.10 Å². The molecule has 7 nitrogen and oxygen atoms in total. The normalized spacial score (nSPS) is 11.4. The van der Waals surface area contributed by atoms with Gasteiger partial charge in [-0.3, -0.25) is 4.68 Å². The number of hydrogen-bond donors (Lipinski definition) is 0. The van der Waals surface area contributed by atoms with Crippen LogP contribution in [0.2, 0.25) is 0 Å². The third-order valence-electron chi connectivity index (χ3n) is 4.06. The molecule has 3 aromatic heterocycles. The first kappa shape index (κ1) is 18.0. The molecule has 0 amide bonds. The number of carbonyl (C=O) groups excluding carboxylic acids is 1. The first-order chi connectivity index (χ1) is 13.1. The molecular weight excluding hydrogens is 432 g/mol. The first-order valence-corrected chi connectivity index (χ1v) is 10.00. The van der Waals surface area contributed by atoms with Crippen molar-refractivity contribution in [3.8, 4) is 0 Å². The number of aryl methyl sites for hydroxylation is 1. The molecule has 0 saturated carbocycles. The molecule has 9 heteroatoms. The molecule has 3 heterocycles. The van der Waals surface area contributed by atoms with E-state index in [2.05, 4.69) is 31.0 Å². The van der Waals surface area contributed by atoms with Gasteiger partial charge in [-0.1, -0.05) is 15.9 Å². The highest BCUT2D eigenvalue weighted by Crippen LogP contribution is 2.35. The van der Waals surface area contributed by atoms with E-state index in [1.807, 2.05) is 25.2 Å². The summed E-state index contributed by atoms with van der Waals surface area (Å²) in [5, 5.41) is 6.78. The SMILES string of the molecule is CCOC(=O)c1oc2ccc(Br)cc2c1CSc1ncnc2c1cnn2C. The lowest BCUT2D eigenvalue weighted by Crippen LogP contribution is -2.05. The van der Waals surface area contributed by atoms with Gasteiger partial charge in [0, 0.05) is 28.2 Å². The molecule has 0 radical (unpaired) electrons. The Balaban J connectivity index is 1.74. The number of rotatable bonds is 5. The zero-order valence-electron chi connectivity index (χ0n) is 14.6. The van der Waals surface area contributed by atoms with E-state index in [4.69, 9.17) is 9.15 Å². The van der Waals surface area contributed by atoms with Crippen LogP contribution < -0.4 is 0 Å². The lowest BCUT2D eigenvalue weighted by molar-refractivity contribution is 0.0491. The fraction of sp³-hybridized carbons (Fsp3) is 0.222. The third-order valence-corrected chi connectivity index (χ3v) is 5.58. The van der Waals surface area contributed by atoms with Crippen LogP contribution in [0.5, 0.6) is 0 Å². The number of furan rings is 1. The Morgan fingerprint density at radius 1 is 1.33 bits per heavy atom. The minimum atomic E-state index is -0.463. The number of esters is 1. The van der Waals surface area contributed by atoms with Crippen LogP contribution >= 0.6 is 27.7 Å². The molecule has 1 aromatic carbocycles. The van der Waals surface area contributed by atoms with E-state index in [1.165, 1.54) is 18.1 Å². The number of aromatic nitrogens is 4. The number of hydrogen-bond acceptors (Lipinski definition) is 7. The summed E-state index contributed by atoms with van der Waals surface area (Å²) in [6.07, 6.45) is 3.26. The zero-order valence-corrected chi connectivity index (χ0v) is 17.0. The number of fused-ring (bicyclic) bond motifs is 2. The van der Waals surface area contributed by atoms with Crippen molar-refractivity contribution in [3.05, 3.63) is 46.5 Å². The minimum absolute atomic E-state index is 0.230. The number of carbonyl (C=O) groups is 1. The predicted octanol–water partition coefficient (Wildman–Crippen LogP) is 4.34. The van der Waals surface area contributed by atoms with Gasteiger partial charge in [-0.05, 0) is 25.1 Å². The molecule has 0 saturated heterocycles. The lowest BCUT2D eigenvalue weighted by Gasteiger charge is -2.04. The van der Waals surface area contributed by atoms with Gasteiger partial charge in [-0.15, -0.1) is 11.8 Å². The Labute approximate surface area is 167 Å². The zero-order chi connectivity index (χ0) is 19.0. The van der Waals surface area contributed by atoms with E-state index in [-0.39, 0.29) is 12.4 Å². The molecule has 0 atom stereocenters. The van der Waals surface area contributed by atoms with Gasteiger partial charge >= 0.3 is 5.97 Å². The molecule has 4 aromatic rings. The largest absolute Gasteiger partial charge is 0.460 e. The Hall–Kier alpha value is -2.39. The summed E-state index contributed by atoms with van der Waals surface area (Å²) in [6.45, 7) is 2.06. The van der Waals surface area contributed by atoms with Gasteiger partial charge in [-0.25, -0.2) is 14.8 Å². The molecule has 0 aliphatic carbocycles. The topological polar surface area (TPSA) is 83.0 Å². The maximum Gasteiger partial charge on any atom is 0.374 e. The van der Waals surface area contributed by atoms with Gasteiger partial charge in [0.05, 0.1) is 18.2 Å². The van der Waals surface area contributed by atoms with E-state index < -0.39 is 5.97 Å². The summed E-state index contributed by atoms with van der Waals surface area (Å²) in [4.78, 5) is 21.0. The average Bonchev–Trinajstić information content (AvgIpc) is 3.21. The molecule has 0 aliphatic rings. The monoisotopic (exact) mass is 446 g/mol. The molecule has 0 fully saturated rings. The van der Waals surface area contributed by atoms with E-state index in [0.717, 1.165) is 31.5 Å². The fourth-order valence-electron chi connectivity index (χ4n) is 2.82. The van der Waals surface area contributed by atoms with E-state index in [1.54, 1.807) is 17.8 Å². The second-order valence-electron chi connectivity index (χ2n) is 5.74. The van der Waals surface area contributed by atoms with Gasteiger partial charge < -0.3 is 9.15 Å². The van der Waals surface area contributed by atoms with Crippen LogP contribution in [0, 0.1) is 0 Å². The Bertz CT molecular complexity index is 1150. The molecule has 4 rings (SSSR count). The molecular formula is C18H15BrN4O3S. The maximum absolute atomic E-state index is 12.4. The average molecular weight is 447 g/mol. The third kappa shape index (κ3) is 3.32. The second kappa shape index (κ2) is 7.32. The quantitative estimate of drug-likeness (QED) is 0.256. The van der Waals surface area contributed by atoms with Crippen molar-refractivity contribution in [1.29, 1.82) is 0 Å². The van der Waals surface area contributed by atoms with Crippen molar-refractivity contribution in [2.45, 2.75) is 17.7 Å². The lowest BCUT2D eigenvalue weighted by atomic mass is 10.1. The van der Waals surface area contributed by atoms with Crippen LogP contribution in [0.25, 0.3) is 22.0 Å². The molecule has 27 heavy (non-hydrogen) atoms. The summed E-state index contributed by atoms with van der Waals surface area (Å²) in [6, 6.07) is 5.65. The highest BCUT2D eigenvalue weighted by atomic mass is 79.9. The number of benzene rings is 1. The van der Waals surface area contributed by atoms with Crippen molar-refractivity contribution in [2.75, 3.05) is 6.61 Å². The van der Waals surface area contributed by atoms with Gasteiger partial charge in [0.1, 0.15) is 16.9 Å². The summed E-state index contributed by atoms with van der Waals surface area (Å²) >= 11 is 4.98. The number of thioether (sulfide) groups is 1. The second-order valence-corrected chi connectivity index (χ2v) is 7.62. The molecule has 0 spiro atoms. The Kier molecular flexibility index (Phi) is 4.88. The molecule has 0 bridgehead atoms. The number of halogens is 1. The van der Waals surface area contributed by atoms with Crippen LogP contribution in [-0.4, -0.2) is 32.3 Å². The summed E-state index contributed by atoms with van der Waals surface area (Å²) in [5.41, 5.74) is 2.19. The van der Waals surface area contributed by atoms with Crippen LogP contribution in [0.4, 0.5) is 0 Å². The van der Waals surface area contributed by atoms with E-state index in [9.17, 15) is 4.79 Å². The summed E-state index contributed by atoms with van der Waals surface area (Å²) in [5.74, 6) is 0.266. The van der Waals surface area contributed by atoms with Crippen molar-refractivity contribution in [1.82, 2.24) is 19.7 Å². The van der Waals surface area contributed by atoms with Crippen LogP contribution in [-0.2, 0) is 17.5 Å². The summed E-state index contributed by atoms with van der Waals surface area (Å²) < 4.78 is 13.6. The highest BCUT2D eigenvalue weighted by molar-refractivity contribution is 9.10. The molecule has 0 unspecified atom stereocenters.